The predicted molar refractivity (Wildman–Crippen MR) is 78.3 cm³/mol. The molecule has 2 N–H and O–H groups in total. The molecule has 1 unspecified atom stereocenters. The minimum absolute atomic E-state index is 0.0224. The Balaban J connectivity index is 1.88. The molecule has 98 valence electrons. The molecule has 3 nitrogen and oxygen atoms in total. The van der Waals surface area contributed by atoms with E-state index in [9.17, 15) is 4.79 Å². The van der Waals surface area contributed by atoms with Crippen molar-refractivity contribution in [2.24, 2.45) is 0 Å². The normalized spacial score (nSPS) is 17.2. The van der Waals surface area contributed by atoms with Crippen LogP contribution >= 0.6 is 11.3 Å². The van der Waals surface area contributed by atoms with E-state index in [1.165, 1.54) is 22.5 Å². The standard InChI is InChI=1S/C15H16N2OS/c1-17(15(18)14-12(16)8-9-19-14)13-7-6-10-4-2-3-5-11(10)13/h2-5,8-9,13H,6-7,16H2,1H3. The van der Waals surface area contributed by atoms with Gasteiger partial charge in [-0.05, 0) is 35.4 Å². The Morgan fingerprint density at radius 3 is 2.89 bits per heavy atom. The van der Waals surface area contributed by atoms with E-state index < -0.39 is 0 Å². The summed E-state index contributed by atoms with van der Waals surface area (Å²) < 4.78 is 0. The highest BCUT2D eigenvalue weighted by Crippen LogP contribution is 2.36. The van der Waals surface area contributed by atoms with E-state index in [0.717, 1.165) is 12.8 Å². The fourth-order valence-corrected chi connectivity index (χ4v) is 3.53. The van der Waals surface area contributed by atoms with Gasteiger partial charge in [0.2, 0.25) is 0 Å². The monoisotopic (exact) mass is 272 g/mol. The summed E-state index contributed by atoms with van der Waals surface area (Å²) >= 11 is 1.41. The zero-order chi connectivity index (χ0) is 13.4. The third-order valence-electron chi connectivity index (χ3n) is 3.78. The lowest BCUT2D eigenvalue weighted by Gasteiger charge is -2.25. The number of nitrogen functional groups attached to an aromatic ring is 1. The second-order valence-corrected chi connectivity index (χ2v) is 5.79. The fourth-order valence-electron chi connectivity index (χ4n) is 2.73. The van der Waals surface area contributed by atoms with Gasteiger partial charge >= 0.3 is 0 Å². The predicted octanol–water partition coefficient (Wildman–Crippen LogP) is 3.09. The Morgan fingerprint density at radius 1 is 1.37 bits per heavy atom. The van der Waals surface area contributed by atoms with Crippen molar-refractivity contribution in [1.82, 2.24) is 4.90 Å². The molecule has 1 aromatic heterocycles. The summed E-state index contributed by atoms with van der Waals surface area (Å²) in [5.41, 5.74) is 9.04. The molecule has 1 aromatic carbocycles. The van der Waals surface area contributed by atoms with Crippen LogP contribution in [-0.4, -0.2) is 17.9 Å². The highest BCUT2D eigenvalue weighted by molar-refractivity contribution is 7.12. The summed E-state index contributed by atoms with van der Waals surface area (Å²) in [6, 6.07) is 10.3. The van der Waals surface area contributed by atoms with E-state index in [1.54, 1.807) is 6.07 Å². The Bertz CT molecular complexity index is 620. The molecule has 2 aromatic rings. The molecular formula is C15H16N2OS. The molecule has 0 aliphatic heterocycles. The number of hydrogen-bond donors (Lipinski definition) is 1. The maximum atomic E-state index is 12.5. The second kappa shape index (κ2) is 4.70. The summed E-state index contributed by atoms with van der Waals surface area (Å²) in [6.45, 7) is 0. The molecule has 0 fully saturated rings. The number of carbonyl (C=O) groups excluding carboxylic acids is 1. The van der Waals surface area contributed by atoms with Crippen molar-refractivity contribution in [3.63, 3.8) is 0 Å². The zero-order valence-corrected chi connectivity index (χ0v) is 11.6. The molecule has 0 saturated heterocycles. The number of nitrogens with zero attached hydrogens (tertiary/aromatic N) is 1. The van der Waals surface area contributed by atoms with Gasteiger partial charge in [0.15, 0.2) is 0 Å². The molecule has 0 spiro atoms. The highest BCUT2D eigenvalue weighted by Gasteiger charge is 2.29. The van der Waals surface area contributed by atoms with Crippen molar-refractivity contribution in [3.8, 4) is 0 Å². The van der Waals surface area contributed by atoms with E-state index in [0.29, 0.717) is 10.6 Å². The van der Waals surface area contributed by atoms with Crippen LogP contribution in [0.3, 0.4) is 0 Å². The van der Waals surface area contributed by atoms with Crippen molar-refractivity contribution < 1.29 is 4.79 Å². The number of amides is 1. The lowest BCUT2D eigenvalue weighted by Crippen LogP contribution is -2.30. The molecule has 3 rings (SSSR count). The molecule has 0 saturated carbocycles. The number of rotatable bonds is 2. The lowest BCUT2D eigenvalue weighted by atomic mass is 10.1. The van der Waals surface area contributed by atoms with E-state index in [2.05, 4.69) is 18.2 Å². The molecule has 1 amide bonds. The molecule has 0 bridgehead atoms. The number of aryl methyl sites for hydroxylation is 1. The molecule has 1 atom stereocenters. The summed E-state index contributed by atoms with van der Waals surface area (Å²) in [5, 5.41) is 1.86. The average molecular weight is 272 g/mol. The number of nitrogens with two attached hydrogens (primary N) is 1. The highest BCUT2D eigenvalue weighted by atomic mass is 32.1. The molecule has 1 aliphatic carbocycles. The Hall–Kier alpha value is -1.81. The maximum absolute atomic E-state index is 12.5. The number of anilines is 1. The van der Waals surface area contributed by atoms with Gasteiger partial charge in [0.25, 0.3) is 5.91 Å². The lowest BCUT2D eigenvalue weighted by molar-refractivity contribution is 0.0736. The summed E-state index contributed by atoms with van der Waals surface area (Å²) in [5.74, 6) is 0.0224. The van der Waals surface area contributed by atoms with E-state index in [1.807, 2.05) is 23.4 Å². The van der Waals surface area contributed by atoms with E-state index in [4.69, 9.17) is 5.73 Å². The third kappa shape index (κ3) is 2.02. The minimum Gasteiger partial charge on any atom is -0.397 e. The van der Waals surface area contributed by atoms with Crippen LogP contribution < -0.4 is 5.73 Å². The first kappa shape index (κ1) is 12.2. The quantitative estimate of drug-likeness (QED) is 0.913. The van der Waals surface area contributed by atoms with Crippen LogP contribution in [0.4, 0.5) is 5.69 Å². The Kier molecular flexibility index (Phi) is 3.03. The maximum Gasteiger partial charge on any atom is 0.266 e. The topological polar surface area (TPSA) is 46.3 Å². The van der Waals surface area contributed by atoms with Crippen molar-refractivity contribution >= 4 is 22.9 Å². The van der Waals surface area contributed by atoms with Crippen molar-refractivity contribution in [1.29, 1.82) is 0 Å². The molecule has 19 heavy (non-hydrogen) atoms. The van der Waals surface area contributed by atoms with Crippen molar-refractivity contribution in [2.75, 3.05) is 12.8 Å². The summed E-state index contributed by atoms with van der Waals surface area (Å²) in [6.07, 6.45) is 2.03. The van der Waals surface area contributed by atoms with Gasteiger partial charge in [-0.25, -0.2) is 0 Å². The SMILES string of the molecule is CN(C(=O)c1sccc1N)C1CCc2ccccc21. The van der Waals surface area contributed by atoms with Crippen molar-refractivity contribution in [2.45, 2.75) is 18.9 Å². The Labute approximate surface area is 116 Å². The minimum atomic E-state index is 0.0224. The summed E-state index contributed by atoms with van der Waals surface area (Å²) in [7, 11) is 1.87. The van der Waals surface area contributed by atoms with Gasteiger partial charge in [-0.15, -0.1) is 11.3 Å². The third-order valence-corrected chi connectivity index (χ3v) is 4.70. The van der Waals surface area contributed by atoms with Gasteiger partial charge in [-0.2, -0.15) is 0 Å². The van der Waals surface area contributed by atoms with Crippen LogP contribution in [0.15, 0.2) is 35.7 Å². The van der Waals surface area contributed by atoms with Gasteiger partial charge in [-0.3, -0.25) is 4.79 Å². The second-order valence-electron chi connectivity index (χ2n) is 4.87. The summed E-state index contributed by atoms with van der Waals surface area (Å²) in [4.78, 5) is 15.0. The van der Waals surface area contributed by atoms with E-state index in [-0.39, 0.29) is 11.9 Å². The van der Waals surface area contributed by atoms with Gasteiger partial charge in [0.05, 0.1) is 11.7 Å². The van der Waals surface area contributed by atoms with Crippen LogP contribution in [0.5, 0.6) is 0 Å². The van der Waals surface area contributed by atoms with Gasteiger partial charge in [0.1, 0.15) is 4.88 Å². The largest absolute Gasteiger partial charge is 0.397 e. The van der Waals surface area contributed by atoms with E-state index >= 15 is 0 Å². The molecule has 1 aliphatic rings. The molecule has 1 heterocycles. The van der Waals surface area contributed by atoms with Crippen LogP contribution in [0, 0.1) is 0 Å². The zero-order valence-electron chi connectivity index (χ0n) is 10.8. The van der Waals surface area contributed by atoms with Gasteiger partial charge < -0.3 is 10.6 Å². The molecule has 0 radical (unpaired) electrons. The van der Waals surface area contributed by atoms with Gasteiger partial charge in [0, 0.05) is 7.05 Å². The molecule has 4 heteroatoms. The van der Waals surface area contributed by atoms with Crippen LogP contribution in [-0.2, 0) is 6.42 Å². The van der Waals surface area contributed by atoms with Crippen LogP contribution in [0.2, 0.25) is 0 Å². The Morgan fingerprint density at radius 2 is 2.16 bits per heavy atom. The first-order chi connectivity index (χ1) is 9.18. The van der Waals surface area contributed by atoms with Crippen LogP contribution in [0.1, 0.15) is 33.3 Å². The first-order valence-electron chi connectivity index (χ1n) is 6.36. The number of thiophene rings is 1. The molecular weight excluding hydrogens is 256 g/mol. The fraction of sp³-hybridized carbons (Fsp3) is 0.267. The number of hydrogen-bond acceptors (Lipinski definition) is 3. The van der Waals surface area contributed by atoms with Gasteiger partial charge in [-0.1, -0.05) is 24.3 Å². The number of benzene rings is 1. The smallest absolute Gasteiger partial charge is 0.266 e. The number of carbonyl (C=O) groups is 1. The first-order valence-corrected chi connectivity index (χ1v) is 7.24. The van der Waals surface area contributed by atoms with Crippen LogP contribution in [0.25, 0.3) is 0 Å². The van der Waals surface area contributed by atoms with Crippen molar-refractivity contribution in [3.05, 3.63) is 51.7 Å². The average Bonchev–Trinajstić information content (AvgIpc) is 3.03. The number of fused-ring (bicyclic) bond motifs is 1.